The van der Waals surface area contributed by atoms with Crippen molar-refractivity contribution < 1.29 is 17.1 Å². The third kappa shape index (κ3) is 6.21. The number of hydrogen-bond acceptors (Lipinski definition) is 3. The van der Waals surface area contributed by atoms with Crippen molar-refractivity contribution in [1.29, 1.82) is 0 Å². The van der Waals surface area contributed by atoms with Crippen molar-refractivity contribution in [3.63, 3.8) is 0 Å². The molecule has 0 amide bonds. The first-order valence-electron chi connectivity index (χ1n) is 7.69. The maximum atomic E-state index is 4.56. The molecule has 1 aliphatic heterocycles. The van der Waals surface area contributed by atoms with Gasteiger partial charge in [0.05, 0.1) is 29.0 Å². The zero-order valence-electron chi connectivity index (χ0n) is 15.8. The summed E-state index contributed by atoms with van der Waals surface area (Å²) in [5, 5.41) is 0. The maximum absolute atomic E-state index is 4.56. The number of para-hydroxylation sites is 2. The third-order valence-electron chi connectivity index (χ3n) is 3.71. The number of allylic oxidation sites excluding steroid dienone is 2. The first kappa shape index (κ1) is 23.7. The normalized spacial score (nSPS) is 12.8. The molecule has 1 aliphatic rings. The average Bonchev–Trinajstić information content (AvgIpc) is 3.01. The molecule has 0 bridgehead atoms. The molecule has 0 fully saturated rings. The van der Waals surface area contributed by atoms with E-state index in [1.165, 1.54) is 0 Å². The number of aliphatic imine (C=N–C) groups is 3. The standard InChI is InChI=1S/C20H19N3.2CH3.Fe/c1-15-7-3-5-9-19(15)21-13-17-11-12-18(23-17)14-22-20-10-6-4-8-16(20)2;;;/h3-11,13-14H,12H2,1-2H3;2*1H3;/q;2*-1;+2. The fraction of sp³-hybridized carbons (Fsp3) is 0.136. The van der Waals surface area contributed by atoms with E-state index in [1.807, 2.05) is 48.8 Å². The number of hydrogen-bond donors (Lipinski definition) is 0. The summed E-state index contributed by atoms with van der Waals surface area (Å²) in [6.45, 7) is 4.11. The summed E-state index contributed by atoms with van der Waals surface area (Å²) in [7, 11) is 0. The van der Waals surface area contributed by atoms with Gasteiger partial charge in [-0.05, 0) is 37.1 Å². The first-order chi connectivity index (χ1) is 11.2. The van der Waals surface area contributed by atoms with Crippen LogP contribution in [0.4, 0.5) is 11.4 Å². The van der Waals surface area contributed by atoms with Crippen molar-refractivity contribution in [3.05, 3.63) is 86.3 Å². The minimum Gasteiger partial charge on any atom is -0.358 e. The Bertz CT molecular complexity index is 833. The molecular weight excluding hydrogens is 362 g/mol. The quantitative estimate of drug-likeness (QED) is 0.349. The Morgan fingerprint density at radius 3 is 1.85 bits per heavy atom. The molecule has 0 unspecified atom stereocenters. The van der Waals surface area contributed by atoms with Crippen LogP contribution in [0.1, 0.15) is 17.5 Å². The Labute approximate surface area is 168 Å². The van der Waals surface area contributed by atoms with Crippen LogP contribution in [0.3, 0.4) is 0 Å². The smallest absolute Gasteiger partial charge is 0.358 e. The molecule has 2 aromatic carbocycles. The van der Waals surface area contributed by atoms with E-state index in [9.17, 15) is 0 Å². The largest absolute Gasteiger partial charge is 2.00 e. The van der Waals surface area contributed by atoms with Gasteiger partial charge in [-0.25, -0.2) is 0 Å². The van der Waals surface area contributed by atoms with Crippen LogP contribution in [0.5, 0.6) is 0 Å². The Kier molecular flexibility index (Phi) is 10.3. The molecule has 0 N–H and O–H groups in total. The zero-order valence-corrected chi connectivity index (χ0v) is 16.9. The molecule has 0 spiro atoms. The molecule has 136 valence electrons. The van der Waals surface area contributed by atoms with Crippen molar-refractivity contribution in [2.75, 3.05) is 0 Å². The van der Waals surface area contributed by atoms with Gasteiger partial charge in [0, 0.05) is 12.6 Å². The van der Waals surface area contributed by atoms with Gasteiger partial charge in [0.1, 0.15) is 0 Å². The van der Waals surface area contributed by atoms with E-state index in [-0.39, 0.29) is 31.9 Å². The van der Waals surface area contributed by atoms with E-state index >= 15 is 0 Å². The Hall–Kier alpha value is -2.29. The number of rotatable bonds is 4. The van der Waals surface area contributed by atoms with Crippen LogP contribution in [0.2, 0.25) is 0 Å². The van der Waals surface area contributed by atoms with Crippen molar-refractivity contribution in [2.24, 2.45) is 15.0 Å². The molecule has 0 radical (unpaired) electrons. The van der Waals surface area contributed by atoms with Crippen LogP contribution < -0.4 is 0 Å². The van der Waals surface area contributed by atoms with E-state index in [4.69, 9.17) is 0 Å². The van der Waals surface area contributed by atoms with Gasteiger partial charge < -0.3 is 14.9 Å². The second kappa shape index (κ2) is 11.3. The van der Waals surface area contributed by atoms with Gasteiger partial charge in [0.25, 0.3) is 0 Å². The van der Waals surface area contributed by atoms with Crippen molar-refractivity contribution in [3.8, 4) is 0 Å². The zero-order chi connectivity index (χ0) is 16.1. The van der Waals surface area contributed by atoms with E-state index in [1.54, 1.807) is 0 Å². The Balaban J connectivity index is 0.00000208. The van der Waals surface area contributed by atoms with Gasteiger partial charge in [-0.1, -0.05) is 42.5 Å². The molecule has 26 heavy (non-hydrogen) atoms. The fourth-order valence-corrected chi connectivity index (χ4v) is 2.33. The molecule has 4 heteroatoms. The van der Waals surface area contributed by atoms with Gasteiger partial charge in [0.2, 0.25) is 0 Å². The van der Waals surface area contributed by atoms with Crippen LogP contribution >= 0.6 is 0 Å². The molecule has 1 heterocycles. The van der Waals surface area contributed by atoms with Crippen LogP contribution in [0, 0.1) is 28.7 Å². The molecule has 0 aromatic heterocycles. The average molecular weight is 387 g/mol. The molecule has 3 nitrogen and oxygen atoms in total. The molecule has 0 aliphatic carbocycles. The fourth-order valence-electron chi connectivity index (χ4n) is 2.33. The summed E-state index contributed by atoms with van der Waals surface area (Å²) in [6, 6.07) is 16.1. The van der Waals surface area contributed by atoms with E-state index in [0.29, 0.717) is 0 Å². The van der Waals surface area contributed by atoms with Crippen molar-refractivity contribution in [2.45, 2.75) is 20.3 Å². The molecular formula is C22H25FeN3. The molecule has 0 atom stereocenters. The second-order valence-corrected chi connectivity index (χ2v) is 5.53. The summed E-state index contributed by atoms with van der Waals surface area (Å²) in [4.78, 5) is 13.6. The first-order valence-corrected chi connectivity index (χ1v) is 7.69. The number of aryl methyl sites for hydroxylation is 2. The summed E-state index contributed by atoms with van der Waals surface area (Å²) >= 11 is 0. The van der Waals surface area contributed by atoms with Gasteiger partial charge in [0.15, 0.2) is 0 Å². The molecule has 0 saturated heterocycles. The summed E-state index contributed by atoms with van der Waals surface area (Å²) in [5.74, 6) is 0. The SMILES string of the molecule is Cc1ccccc1N=CC1=CCC(C=Nc2ccccc2C)=N1.[CH3-].[CH3-].[Fe+2]. The van der Waals surface area contributed by atoms with E-state index < -0.39 is 0 Å². The minimum atomic E-state index is 0. The Morgan fingerprint density at radius 1 is 0.808 bits per heavy atom. The minimum absolute atomic E-state index is 0. The maximum Gasteiger partial charge on any atom is 2.00 e. The van der Waals surface area contributed by atoms with Crippen LogP contribution in [0.15, 0.2) is 75.3 Å². The van der Waals surface area contributed by atoms with Gasteiger partial charge >= 0.3 is 17.1 Å². The molecule has 3 rings (SSSR count). The van der Waals surface area contributed by atoms with Gasteiger partial charge in [-0.3, -0.25) is 15.0 Å². The number of nitrogens with zero attached hydrogens (tertiary/aromatic N) is 3. The Morgan fingerprint density at radius 2 is 1.31 bits per heavy atom. The van der Waals surface area contributed by atoms with Gasteiger partial charge in [-0.15, -0.1) is 0 Å². The topological polar surface area (TPSA) is 37.1 Å². The summed E-state index contributed by atoms with van der Waals surface area (Å²) < 4.78 is 0. The summed E-state index contributed by atoms with van der Waals surface area (Å²) in [6.07, 6.45) is 6.52. The molecule has 2 aromatic rings. The van der Waals surface area contributed by atoms with Crippen LogP contribution in [-0.4, -0.2) is 18.1 Å². The summed E-state index contributed by atoms with van der Waals surface area (Å²) in [5.41, 5.74) is 6.13. The van der Waals surface area contributed by atoms with Crippen molar-refractivity contribution >= 4 is 29.5 Å². The van der Waals surface area contributed by atoms with Crippen LogP contribution in [-0.2, 0) is 17.1 Å². The van der Waals surface area contributed by atoms with E-state index in [2.05, 4.69) is 47.0 Å². The predicted octanol–water partition coefficient (Wildman–Crippen LogP) is 6.03. The third-order valence-corrected chi connectivity index (χ3v) is 3.71. The van der Waals surface area contributed by atoms with Crippen LogP contribution in [0.25, 0.3) is 0 Å². The van der Waals surface area contributed by atoms with E-state index in [0.717, 1.165) is 40.3 Å². The molecule has 0 saturated carbocycles. The number of benzene rings is 2. The predicted molar refractivity (Wildman–Crippen MR) is 112 cm³/mol. The van der Waals surface area contributed by atoms with Crippen molar-refractivity contribution in [1.82, 2.24) is 0 Å². The monoisotopic (exact) mass is 387 g/mol. The second-order valence-electron chi connectivity index (χ2n) is 5.53. The van der Waals surface area contributed by atoms with Gasteiger partial charge in [-0.2, -0.15) is 0 Å².